The molecule has 0 aliphatic heterocycles. The van der Waals surface area contributed by atoms with E-state index in [0.717, 1.165) is 4.57 Å². The zero-order valence-corrected chi connectivity index (χ0v) is 8.81. The molecule has 82 valence electrons. The normalized spacial score (nSPS) is 10.1. The molecule has 0 fully saturated rings. The Bertz CT molecular complexity index is 498. The van der Waals surface area contributed by atoms with Crippen molar-refractivity contribution in [3.8, 4) is 0 Å². The van der Waals surface area contributed by atoms with Gasteiger partial charge in [0.15, 0.2) is 0 Å². The molecule has 0 N–H and O–H groups in total. The van der Waals surface area contributed by atoms with E-state index >= 15 is 0 Å². The molecule has 6 nitrogen and oxygen atoms in total. The summed E-state index contributed by atoms with van der Waals surface area (Å²) < 4.78 is 6.93. The van der Waals surface area contributed by atoms with Crippen molar-refractivity contribution in [2.75, 3.05) is 0 Å². The zero-order chi connectivity index (χ0) is 11.6. The number of hydrogen-bond donors (Lipinski definition) is 0. The molecule has 0 spiro atoms. The average molecular weight is 212 g/mol. The van der Waals surface area contributed by atoms with Gasteiger partial charge >= 0.3 is 11.7 Å². The van der Waals surface area contributed by atoms with Crippen LogP contribution in [0.3, 0.4) is 0 Å². The molecule has 1 rings (SSSR count). The summed E-state index contributed by atoms with van der Waals surface area (Å²) in [6.07, 6.45) is 1.37. The Morgan fingerprint density at radius 3 is 2.53 bits per heavy atom. The van der Waals surface area contributed by atoms with Gasteiger partial charge < -0.3 is 9.30 Å². The highest BCUT2D eigenvalue weighted by Crippen LogP contribution is 1.92. The highest BCUT2D eigenvalue weighted by Gasteiger charge is 2.07. The highest BCUT2D eigenvalue weighted by atomic mass is 16.5. The second-order valence-electron chi connectivity index (χ2n) is 3.19. The molecule has 0 aliphatic carbocycles. The standard InChI is InChI=1S/C9H12N2O4/c1-6(12)15-5-7-4-10(2)9(14)11(3)8(7)13/h4H,5H2,1-3H3. The van der Waals surface area contributed by atoms with Gasteiger partial charge in [0, 0.05) is 27.2 Å². The summed E-state index contributed by atoms with van der Waals surface area (Å²) >= 11 is 0. The number of hydrogen-bond acceptors (Lipinski definition) is 4. The minimum atomic E-state index is -0.467. The lowest BCUT2D eigenvalue weighted by Gasteiger charge is -2.06. The minimum Gasteiger partial charge on any atom is -0.461 e. The van der Waals surface area contributed by atoms with Crippen LogP contribution >= 0.6 is 0 Å². The molecule has 6 heteroatoms. The molecule has 1 aromatic rings. The molecule has 0 amide bonds. The van der Waals surface area contributed by atoms with Gasteiger partial charge in [-0.3, -0.25) is 14.2 Å². The lowest BCUT2D eigenvalue weighted by atomic mass is 10.3. The predicted octanol–water partition coefficient (Wildman–Crippen LogP) is -0.853. The fourth-order valence-corrected chi connectivity index (χ4v) is 1.16. The van der Waals surface area contributed by atoms with E-state index in [1.54, 1.807) is 0 Å². The molecule has 0 atom stereocenters. The third-order valence-electron chi connectivity index (χ3n) is 1.95. The van der Waals surface area contributed by atoms with Crippen molar-refractivity contribution in [2.45, 2.75) is 13.5 Å². The Balaban J connectivity index is 3.16. The summed E-state index contributed by atoms with van der Waals surface area (Å²) in [5, 5.41) is 0. The van der Waals surface area contributed by atoms with E-state index in [0.29, 0.717) is 0 Å². The minimum absolute atomic E-state index is 0.115. The van der Waals surface area contributed by atoms with Crippen LogP contribution in [0.2, 0.25) is 0 Å². The topological polar surface area (TPSA) is 70.3 Å². The molecule has 0 radical (unpaired) electrons. The van der Waals surface area contributed by atoms with Crippen molar-refractivity contribution in [1.29, 1.82) is 0 Å². The first-order valence-corrected chi connectivity index (χ1v) is 4.32. The largest absolute Gasteiger partial charge is 0.461 e. The van der Waals surface area contributed by atoms with Crippen LogP contribution < -0.4 is 11.2 Å². The van der Waals surface area contributed by atoms with E-state index in [-0.39, 0.29) is 12.2 Å². The highest BCUT2D eigenvalue weighted by molar-refractivity contribution is 5.65. The quantitative estimate of drug-likeness (QED) is 0.598. The van der Waals surface area contributed by atoms with Crippen LogP contribution in [-0.4, -0.2) is 15.1 Å². The van der Waals surface area contributed by atoms with E-state index in [1.165, 1.54) is 31.8 Å². The van der Waals surface area contributed by atoms with Crippen LogP contribution in [0.4, 0.5) is 0 Å². The fourth-order valence-electron chi connectivity index (χ4n) is 1.16. The summed E-state index contributed by atoms with van der Waals surface area (Å²) in [5.74, 6) is -0.467. The SMILES string of the molecule is CC(=O)OCc1cn(C)c(=O)n(C)c1=O. The Hall–Kier alpha value is -1.85. The van der Waals surface area contributed by atoms with E-state index in [4.69, 9.17) is 4.74 Å². The van der Waals surface area contributed by atoms with Gasteiger partial charge in [0.25, 0.3) is 5.56 Å². The first kappa shape index (κ1) is 11.2. The summed E-state index contributed by atoms with van der Waals surface area (Å²) in [5.41, 5.74) is -0.583. The third kappa shape index (κ3) is 2.34. The molecule has 0 aliphatic rings. The number of ether oxygens (including phenoxy) is 1. The van der Waals surface area contributed by atoms with Crippen LogP contribution in [0.15, 0.2) is 15.8 Å². The molecule has 0 aromatic carbocycles. The Morgan fingerprint density at radius 1 is 1.40 bits per heavy atom. The molecule has 0 unspecified atom stereocenters. The number of carbonyl (C=O) groups is 1. The van der Waals surface area contributed by atoms with Gasteiger partial charge in [-0.25, -0.2) is 4.79 Å². The smallest absolute Gasteiger partial charge is 0.330 e. The van der Waals surface area contributed by atoms with Gasteiger partial charge in [0.2, 0.25) is 0 Å². The van der Waals surface area contributed by atoms with Gasteiger partial charge in [-0.2, -0.15) is 0 Å². The maximum absolute atomic E-state index is 11.5. The van der Waals surface area contributed by atoms with E-state index in [2.05, 4.69) is 0 Å². The summed E-state index contributed by atoms with van der Waals surface area (Å²) in [6, 6.07) is 0. The van der Waals surface area contributed by atoms with Crippen molar-refractivity contribution in [2.24, 2.45) is 14.1 Å². The maximum atomic E-state index is 11.5. The number of carbonyl (C=O) groups excluding carboxylic acids is 1. The number of rotatable bonds is 2. The molecule has 15 heavy (non-hydrogen) atoms. The second-order valence-corrected chi connectivity index (χ2v) is 3.19. The summed E-state index contributed by atoms with van der Waals surface area (Å²) in [7, 11) is 2.90. The first-order chi connectivity index (χ1) is 6.93. The van der Waals surface area contributed by atoms with E-state index < -0.39 is 17.2 Å². The predicted molar refractivity (Wildman–Crippen MR) is 52.4 cm³/mol. The number of esters is 1. The lowest BCUT2D eigenvalue weighted by Crippen LogP contribution is -2.38. The molecule has 0 saturated heterocycles. The van der Waals surface area contributed by atoms with Crippen LogP contribution in [0.5, 0.6) is 0 Å². The number of aryl methyl sites for hydroxylation is 1. The van der Waals surface area contributed by atoms with Gasteiger partial charge in [-0.1, -0.05) is 0 Å². The van der Waals surface area contributed by atoms with E-state index in [9.17, 15) is 14.4 Å². The Labute approximate surface area is 85.7 Å². The average Bonchev–Trinajstić information content (AvgIpc) is 2.18. The van der Waals surface area contributed by atoms with Crippen LogP contribution in [0.25, 0.3) is 0 Å². The zero-order valence-electron chi connectivity index (χ0n) is 8.81. The molecule has 1 heterocycles. The lowest BCUT2D eigenvalue weighted by molar-refractivity contribution is -0.142. The monoisotopic (exact) mass is 212 g/mol. The van der Waals surface area contributed by atoms with Gasteiger partial charge in [-0.05, 0) is 0 Å². The van der Waals surface area contributed by atoms with Crippen molar-refractivity contribution in [3.63, 3.8) is 0 Å². The fraction of sp³-hybridized carbons (Fsp3) is 0.444. The number of aromatic nitrogens is 2. The molecule has 0 saturated carbocycles. The summed E-state index contributed by atoms with van der Waals surface area (Å²) in [6.45, 7) is 1.14. The van der Waals surface area contributed by atoms with Crippen molar-refractivity contribution < 1.29 is 9.53 Å². The molecule has 0 bridgehead atoms. The van der Waals surface area contributed by atoms with Gasteiger partial charge in [0.05, 0.1) is 5.56 Å². The van der Waals surface area contributed by atoms with E-state index in [1.807, 2.05) is 0 Å². The van der Waals surface area contributed by atoms with Crippen LogP contribution in [-0.2, 0) is 30.2 Å². The number of nitrogens with zero attached hydrogens (tertiary/aromatic N) is 2. The van der Waals surface area contributed by atoms with Gasteiger partial charge in [0.1, 0.15) is 6.61 Å². The molecule has 1 aromatic heterocycles. The van der Waals surface area contributed by atoms with Crippen molar-refractivity contribution >= 4 is 5.97 Å². The van der Waals surface area contributed by atoms with Crippen LogP contribution in [0.1, 0.15) is 12.5 Å². The second kappa shape index (κ2) is 4.12. The van der Waals surface area contributed by atoms with Gasteiger partial charge in [-0.15, -0.1) is 0 Å². The maximum Gasteiger partial charge on any atom is 0.330 e. The Kier molecular flexibility index (Phi) is 3.08. The Morgan fingerprint density at radius 2 is 2.00 bits per heavy atom. The van der Waals surface area contributed by atoms with Crippen LogP contribution in [0, 0.1) is 0 Å². The molecular weight excluding hydrogens is 200 g/mol. The van der Waals surface area contributed by atoms with Crippen molar-refractivity contribution in [3.05, 3.63) is 32.6 Å². The third-order valence-corrected chi connectivity index (χ3v) is 1.95. The van der Waals surface area contributed by atoms with Crippen molar-refractivity contribution in [1.82, 2.24) is 9.13 Å². The summed E-state index contributed by atoms with van der Waals surface area (Å²) in [4.78, 5) is 33.4. The first-order valence-electron chi connectivity index (χ1n) is 4.32. The molecular formula is C9H12N2O4.